The summed E-state index contributed by atoms with van der Waals surface area (Å²) < 4.78 is 6.64. The van der Waals surface area contributed by atoms with Crippen LogP contribution in [0.4, 0.5) is 0 Å². The van der Waals surface area contributed by atoms with E-state index in [2.05, 4.69) is 238 Å². The molecule has 7 nitrogen and oxygen atoms in total. The van der Waals surface area contributed by atoms with E-state index in [1.807, 2.05) is 30.3 Å². The zero-order valence-corrected chi connectivity index (χ0v) is 39.8. The van der Waals surface area contributed by atoms with Crippen molar-refractivity contribution in [2.75, 3.05) is 0 Å². The molecule has 0 aliphatic heterocycles. The lowest BCUT2D eigenvalue weighted by atomic mass is 10.1. The standard InChI is InChI=1S/C64H41N7Si/c65-42-43-35-37-54-52-29-12-16-33-58(52)71(61(54)39-43)64-67-62(44-19-18-26-49(40-44)72(46-20-4-1-5-21-46,47-22-6-2-7-23-47)48-24-8-3-9-25-48)66-63(68-64)70-59-34-17-13-30-53(59)55-41-45(36-38-60(55)70)69-56-31-14-10-27-50(56)51-28-11-15-32-57(51)69/h1-41H. The van der Waals surface area contributed by atoms with Crippen LogP contribution in [0.15, 0.2) is 249 Å². The number of nitriles is 1. The van der Waals surface area contributed by atoms with Gasteiger partial charge in [-0.15, -0.1) is 0 Å². The molecule has 0 saturated heterocycles. The number of hydrogen-bond acceptors (Lipinski definition) is 4. The average Bonchev–Trinajstić information content (AvgIpc) is 4.09. The van der Waals surface area contributed by atoms with Gasteiger partial charge in [-0.1, -0.05) is 194 Å². The summed E-state index contributed by atoms with van der Waals surface area (Å²) in [5.41, 5.74) is 8.51. The lowest BCUT2D eigenvalue weighted by molar-refractivity contribution is 0.893. The summed E-state index contributed by atoms with van der Waals surface area (Å²) in [5.74, 6) is 1.47. The van der Waals surface area contributed by atoms with E-state index in [9.17, 15) is 5.26 Å². The van der Waals surface area contributed by atoms with Crippen LogP contribution < -0.4 is 20.7 Å². The predicted molar refractivity (Wildman–Crippen MR) is 297 cm³/mol. The first kappa shape index (κ1) is 41.3. The summed E-state index contributed by atoms with van der Waals surface area (Å²) in [5, 5.41) is 21.9. The average molecular weight is 936 g/mol. The highest BCUT2D eigenvalue weighted by Gasteiger charge is 2.41. The third-order valence-corrected chi connectivity index (χ3v) is 19.3. The molecule has 0 aliphatic rings. The molecular formula is C64H41N7Si. The van der Waals surface area contributed by atoms with E-state index < -0.39 is 8.07 Å². The van der Waals surface area contributed by atoms with Crippen LogP contribution in [0.5, 0.6) is 0 Å². The Hall–Kier alpha value is -9.68. The molecule has 4 heterocycles. The van der Waals surface area contributed by atoms with Crippen molar-refractivity contribution in [3.63, 3.8) is 0 Å². The molecular weight excluding hydrogens is 895 g/mol. The minimum atomic E-state index is -2.93. The van der Waals surface area contributed by atoms with Crippen LogP contribution in [-0.2, 0) is 0 Å². The highest BCUT2D eigenvalue weighted by molar-refractivity contribution is 7.19. The SMILES string of the molecule is N#Cc1ccc2c3ccccc3n(-c3nc(-c4cccc([Si](c5ccccc5)(c5ccccc5)c5ccccc5)c4)nc(-n4c5ccccc5c5cc(-n6c7ccccc7c7ccccc76)ccc54)n3)c2c1. The summed E-state index contributed by atoms with van der Waals surface area (Å²) in [6, 6.07) is 90.8. The van der Waals surface area contributed by atoms with Crippen molar-refractivity contribution in [3.8, 4) is 35.0 Å². The number of aromatic nitrogens is 6. The van der Waals surface area contributed by atoms with Crippen molar-refractivity contribution in [1.29, 1.82) is 5.26 Å². The predicted octanol–water partition coefficient (Wildman–Crippen LogP) is 12.1. The Balaban J connectivity index is 1.05. The van der Waals surface area contributed by atoms with Crippen LogP contribution in [0.3, 0.4) is 0 Å². The fourth-order valence-electron chi connectivity index (χ4n) is 11.4. The Bertz CT molecular complexity index is 4320. The zero-order chi connectivity index (χ0) is 47.8. The lowest BCUT2D eigenvalue weighted by Crippen LogP contribution is -2.74. The number of rotatable bonds is 8. The highest BCUT2D eigenvalue weighted by Crippen LogP contribution is 2.38. The summed E-state index contributed by atoms with van der Waals surface area (Å²) in [6.45, 7) is 0. The molecule has 8 heteroatoms. The van der Waals surface area contributed by atoms with Crippen LogP contribution >= 0.6 is 0 Å². The summed E-state index contributed by atoms with van der Waals surface area (Å²) in [7, 11) is -2.93. The van der Waals surface area contributed by atoms with E-state index in [1.165, 1.54) is 31.5 Å². The van der Waals surface area contributed by atoms with Crippen LogP contribution in [0.2, 0.25) is 0 Å². The van der Waals surface area contributed by atoms with Gasteiger partial charge in [-0.25, -0.2) is 0 Å². The molecule has 0 atom stereocenters. The van der Waals surface area contributed by atoms with E-state index in [0.29, 0.717) is 23.3 Å². The quantitative estimate of drug-likeness (QED) is 0.112. The molecule has 0 radical (unpaired) electrons. The first-order valence-electron chi connectivity index (χ1n) is 24.2. The van der Waals surface area contributed by atoms with E-state index in [-0.39, 0.29) is 0 Å². The molecule has 14 aromatic rings. The zero-order valence-electron chi connectivity index (χ0n) is 38.8. The fraction of sp³-hybridized carbons (Fsp3) is 0. The lowest BCUT2D eigenvalue weighted by Gasteiger charge is -2.34. The normalized spacial score (nSPS) is 11.9. The van der Waals surface area contributed by atoms with E-state index >= 15 is 0 Å². The van der Waals surface area contributed by atoms with E-state index in [0.717, 1.165) is 65.9 Å². The van der Waals surface area contributed by atoms with Crippen molar-refractivity contribution >= 4 is 94.2 Å². The Morgan fingerprint density at radius 1 is 0.319 bits per heavy atom. The number of para-hydroxylation sites is 4. The second-order valence-corrected chi connectivity index (χ2v) is 22.1. The molecule has 0 amide bonds. The van der Waals surface area contributed by atoms with Crippen molar-refractivity contribution < 1.29 is 0 Å². The second kappa shape index (κ2) is 16.5. The van der Waals surface area contributed by atoms with Crippen LogP contribution in [0.1, 0.15) is 5.56 Å². The van der Waals surface area contributed by atoms with Gasteiger partial charge in [-0.05, 0) is 75.3 Å². The largest absolute Gasteiger partial charge is 0.309 e. The van der Waals surface area contributed by atoms with Gasteiger partial charge in [0.25, 0.3) is 0 Å². The molecule has 10 aromatic carbocycles. The summed E-state index contributed by atoms with van der Waals surface area (Å²) >= 11 is 0. The maximum atomic E-state index is 10.2. The van der Waals surface area contributed by atoms with Gasteiger partial charge in [-0.2, -0.15) is 20.2 Å². The Morgan fingerprint density at radius 2 is 0.750 bits per heavy atom. The maximum Gasteiger partial charge on any atom is 0.240 e. The molecule has 0 fully saturated rings. The molecule has 0 unspecified atom stereocenters. The van der Waals surface area contributed by atoms with Gasteiger partial charge in [0.2, 0.25) is 11.9 Å². The molecule has 72 heavy (non-hydrogen) atoms. The van der Waals surface area contributed by atoms with Crippen molar-refractivity contribution in [1.82, 2.24) is 28.7 Å². The van der Waals surface area contributed by atoms with Crippen molar-refractivity contribution in [3.05, 3.63) is 254 Å². The summed E-state index contributed by atoms with van der Waals surface area (Å²) in [6.07, 6.45) is 0. The molecule has 336 valence electrons. The monoisotopic (exact) mass is 935 g/mol. The summed E-state index contributed by atoms with van der Waals surface area (Å²) in [4.78, 5) is 16.5. The Kier molecular flexibility index (Phi) is 9.46. The van der Waals surface area contributed by atoms with Crippen LogP contribution in [-0.4, -0.2) is 36.7 Å². The molecule has 0 saturated carbocycles. The Morgan fingerprint density at radius 3 is 1.28 bits per heavy atom. The smallest absolute Gasteiger partial charge is 0.240 e. The van der Waals surface area contributed by atoms with Gasteiger partial charge >= 0.3 is 0 Å². The Labute approximate surface area is 415 Å². The van der Waals surface area contributed by atoms with Gasteiger partial charge in [0.05, 0.1) is 44.7 Å². The van der Waals surface area contributed by atoms with Gasteiger partial charge < -0.3 is 4.57 Å². The number of hydrogen-bond donors (Lipinski definition) is 0. The molecule has 0 spiro atoms. The number of benzene rings is 10. The molecule has 4 aromatic heterocycles. The second-order valence-electron chi connectivity index (χ2n) is 18.3. The topological polar surface area (TPSA) is 77.2 Å². The first-order valence-corrected chi connectivity index (χ1v) is 26.2. The molecule has 0 aliphatic carbocycles. The maximum absolute atomic E-state index is 10.2. The molecule has 0 bridgehead atoms. The fourth-order valence-corrected chi connectivity index (χ4v) is 16.2. The third-order valence-electron chi connectivity index (χ3n) is 14.5. The minimum absolute atomic E-state index is 0.451. The van der Waals surface area contributed by atoms with Gasteiger partial charge in [-0.3, -0.25) is 9.13 Å². The van der Waals surface area contributed by atoms with Crippen LogP contribution in [0, 0.1) is 11.3 Å². The third kappa shape index (κ3) is 6.25. The molecule has 0 N–H and O–H groups in total. The first-order chi connectivity index (χ1) is 35.7. The van der Waals surface area contributed by atoms with Gasteiger partial charge in [0.15, 0.2) is 13.9 Å². The van der Waals surface area contributed by atoms with E-state index in [4.69, 9.17) is 15.0 Å². The highest BCUT2D eigenvalue weighted by atomic mass is 28.3. The number of nitrogens with zero attached hydrogens (tertiary/aromatic N) is 7. The van der Waals surface area contributed by atoms with Crippen molar-refractivity contribution in [2.24, 2.45) is 0 Å². The minimum Gasteiger partial charge on any atom is -0.309 e. The van der Waals surface area contributed by atoms with Gasteiger partial charge in [0.1, 0.15) is 0 Å². The van der Waals surface area contributed by atoms with Crippen molar-refractivity contribution in [2.45, 2.75) is 0 Å². The van der Waals surface area contributed by atoms with Crippen LogP contribution in [0.25, 0.3) is 94.4 Å². The number of fused-ring (bicyclic) bond motifs is 9. The van der Waals surface area contributed by atoms with Gasteiger partial charge in [0, 0.05) is 43.6 Å². The van der Waals surface area contributed by atoms with E-state index in [1.54, 1.807) is 0 Å². The molecule has 14 rings (SSSR count).